The summed E-state index contributed by atoms with van der Waals surface area (Å²) in [5.41, 5.74) is 1.20. The van der Waals surface area contributed by atoms with Gasteiger partial charge in [0.25, 0.3) is 20.2 Å². The van der Waals surface area contributed by atoms with Gasteiger partial charge >= 0.3 is 0 Å². The van der Waals surface area contributed by atoms with Gasteiger partial charge in [-0.25, -0.2) is 0 Å². The first kappa shape index (κ1) is 39.1. The molecular weight excluding hydrogens is 569 g/mol. The molecule has 0 aromatic heterocycles. The maximum atomic E-state index is 12.8. The summed E-state index contributed by atoms with van der Waals surface area (Å²) in [6.45, 7) is 8.74. The van der Waals surface area contributed by atoms with E-state index >= 15 is 0 Å². The van der Waals surface area contributed by atoms with Crippen LogP contribution in [-0.2, 0) is 33.1 Å². The number of benzene rings is 1. The minimum Gasteiger partial charge on any atom is -0.282 e. The standard InChI is InChI=1S/C34H62O6S2/c1-5-9-13-15-19-23-29(21-17-11-7-3)27-31-25-26-33(41(35,36)37)34(42(38,39)40)32(31)28-30(22-18-12-8-4)24-20-16-14-10-6-2/h25-26,29-30H,5-24,27-28H2,1-4H3,(H,35,36,37)(H,38,39,40). The lowest BCUT2D eigenvalue weighted by molar-refractivity contribution is 0.389. The highest BCUT2D eigenvalue weighted by Gasteiger charge is 2.31. The Balaban J connectivity index is 3.51. The molecule has 6 nitrogen and oxygen atoms in total. The third-order valence-corrected chi connectivity index (χ3v) is 10.7. The van der Waals surface area contributed by atoms with Gasteiger partial charge in [0.1, 0.15) is 9.79 Å². The van der Waals surface area contributed by atoms with E-state index < -0.39 is 30.0 Å². The maximum Gasteiger partial charge on any atom is 0.296 e. The first-order valence-electron chi connectivity index (χ1n) is 17.1. The molecule has 0 saturated carbocycles. The first-order chi connectivity index (χ1) is 20.0. The minimum atomic E-state index is -4.90. The molecule has 246 valence electrons. The van der Waals surface area contributed by atoms with Crippen molar-refractivity contribution in [2.45, 2.75) is 179 Å². The van der Waals surface area contributed by atoms with E-state index in [1.165, 1.54) is 51.0 Å². The van der Waals surface area contributed by atoms with Gasteiger partial charge < -0.3 is 0 Å². The van der Waals surface area contributed by atoms with Crippen LogP contribution in [0.1, 0.15) is 167 Å². The van der Waals surface area contributed by atoms with Crippen LogP contribution in [0, 0.1) is 11.8 Å². The minimum absolute atomic E-state index is 0.182. The largest absolute Gasteiger partial charge is 0.296 e. The summed E-state index contributed by atoms with van der Waals surface area (Å²) in [7, 11) is -9.74. The molecule has 2 unspecified atom stereocenters. The molecule has 0 aliphatic heterocycles. The SMILES string of the molecule is CCCCCCCC(CCCCC)Cc1ccc(S(=O)(=O)O)c(S(=O)(=O)O)c1CC(CCCCC)CCCCCCC. The van der Waals surface area contributed by atoms with Crippen LogP contribution < -0.4 is 0 Å². The van der Waals surface area contributed by atoms with Crippen molar-refractivity contribution < 1.29 is 25.9 Å². The van der Waals surface area contributed by atoms with E-state index in [2.05, 4.69) is 27.7 Å². The lowest BCUT2D eigenvalue weighted by atomic mass is 9.83. The summed E-state index contributed by atoms with van der Waals surface area (Å²) in [6.07, 6.45) is 23.2. The topological polar surface area (TPSA) is 109 Å². The van der Waals surface area contributed by atoms with Crippen LogP contribution in [0.3, 0.4) is 0 Å². The van der Waals surface area contributed by atoms with E-state index in [4.69, 9.17) is 0 Å². The van der Waals surface area contributed by atoms with Crippen LogP contribution in [0.5, 0.6) is 0 Å². The summed E-state index contributed by atoms with van der Waals surface area (Å²) < 4.78 is 70.6. The van der Waals surface area contributed by atoms with Crippen molar-refractivity contribution in [1.82, 2.24) is 0 Å². The van der Waals surface area contributed by atoms with Crippen molar-refractivity contribution in [3.8, 4) is 0 Å². The Bertz CT molecular complexity index is 1070. The van der Waals surface area contributed by atoms with Crippen LogP contribution in [0.15, 0.2) is 21.9 Å². The van der Waals surface area contributed by atoms with Crippen LogP contribution >= 0.6 is 0 Å². The van der Waals surface area contributed by atoms with Gasteiger partial charge in [-0.05, 0) is 41.9 Å². The molecule has 0 amide bonds. The highest BCUT2D eigenvalue weighted by Crippen LogP contribution is 2.35. The van der Waals surface area contributed by atoms with E-state index in [1.807, 2.05) is 0 Å². The molecule has 0 aliphatic carbocycles. The number of hydrogen-bond donors (Lipinski definition) is 2. The van der Waals surface area contributed by atoms with Gasteiger partial charge in [-0.1, -0.05) is 162 Å². The van der Waals surface area contributed by atoms with E-state index in [0.29, 0.717) is 24.3 Å². The van der Waals surface area contributed by atoms with Crippen molar-refractivity contribution in [3.63, 3.8) is 0 Å². The fraction of sp³-hybridized carbons (Fsp3) is 0.824. The van der Waals surface area contributed by atoms with Gasteiger partial charge in [0.15, 0.2) is 0 Å². The van der Waals surface area contributed by atoms with Gasteiger partial charge in [-0.2, -0.15) is 16.8 Å². The fourth-order valence-electron chi connectivity index (χ4n) is 6.28. The molecule has 2 N–H and O–H groups in total. The summed E-state index contributed by atoms with van der Waals surface area (Å²) in [5, 5.41) is 0. The quantitative estimate of drug-likeness (QED) is 0.0778. The van der Waals surface area contributed by atoms with E-state index in [0.717, 1.165) is 89.0 Å². The smallest absolute Gasteiger partial charge is 0.282 e. The molecule has 0 fully saturated rings. The summed E-state index contributed by atoms with van der Waals surface area (Å²) in [4.78, 5) is -1.31. The second-order valence-corrected chi connectivity index (χ2v) is 15.3. The second kappa shape index (κ2) is 21.7. The van der Waals surface area contributed by atoms with Crippen LogP contribution in [0.2, 0.25) is 0 Å². The zero-order valence-corrected chi connectivity index (χ0v) is 28.8. The third kappa shape index (κ3) is 15.7. The molecule has 0 saturated heterocycles. The Kier molecular flexibility index (Phi) is 20.2. The third-order valence-electron chi connectivity index (χ3n) is 8.72. The Hall–Kier alpha value is -0.960. The van der Waals surface area contributed by atoms with Crippen molar-refractivity contribution in [2.75, 3.05) is 0 Å². The van der Waals surface area contributed by atoms with Gasteiger partial charge in [0.2, 0.25) is 0 Å². The zero-order valence-electron chi connectivity index (χ0n) is 27.2. The van der Waals surface area contributed by atoms with Gasteiger partial charge in [0, 0.05) is 0 Å². The normalized spacial score (nSPS) is 13.9. The molecule has 0 aliphatic rings. The zero-order chi connectivity index (χ0) is 31.4. The van der Waals surface area contributed by atoms with E-state index in [1.54, 1.807) is 6.07 Å². The van der Waals surface area contributed by atoms with Crippen LogP contribution in [0.4, 0.5) is 0 Å². The Morgan fingerprint density at radius 3 is 1.31 bits per heavy atom. The van der Waals surface area contributed by atoms with Gasteiger partial charge in [-0.15, -0.1) is 0 Å². The lowest BCUT2D eigenvalue weighted by Crippen LogP contribution is -2.18. The average molecular weight is 631 g/mol. The van der Waals surface area contributed by atoms with E-state index in [-0.39, 0.29) is 5.92 Å². The molecule has 1 aromatic carbocycles. The lowest BCUT2D eigenvalue weighted by Gasteiger charge is -2.24. The van der Waals surface area contributed by atoms with Gasteiger partial charge in [0.05, 0.1) is 0 Å². The molecule has 1 aromatic rings. The Labute approximate surface area is 259 Å². The summed E-state index contributed by atoms with van der Waals surface area (Å²) in [5.74, 6) is 0.539. The summed E-state index contributed by atoms with van der Waals surface area (Å²) in [6, 6.07) is 2.87. The van der Waals surface area contributed by atoms with Crippen LogP contribution in [0.25, 0.3) is 0 Å². The molecule has 1 rings (SSSR count). The first-order valence-corrected chi connectivity index (χ1v) is 20.0. The number of hydrogen-bond acceptors (Lipinski definition) is 4. The second-order valence-electron chi connectivity index (χ2n) is 12.5. The predicted octanol–water partition coefficient (Wildman–Crippen LogP) is 10.4. The fourth-order valence-corrected chi connectivity index (χ4v) is 8.36. The molecular formula is C34H62O6S2. The van der Waals surface area contributed by atoms with Crippen molar-refractivity contribution in [3.05, 3.63) is 23.3 Å². The molecule has 0 bridgehead atoms. The van der Waals surface area contributed by atoms with Crippen molar-refractivity contribution in [2.24, 2.45) is 11.8 Å². The van der Waals surface area contributed by atoms with Crippen LogP contribution in [-0.4, -0.2) is 25.9 Å². The Morgan fingerprint density at radius 1 is 0.524 bits per heavy atom. The van der Waals surface area contributed by atoms with Gasteiger partial charge in [-0.3, -0.25) is 9.11 Å². The highest BCUT2D eigenvalue weighted by molar-refractivity contribution is 7.89. The molecule has 8 heteroatoms. The van der Waals surface area contributed by atoms with Crippen molar-refractivity contribution >= 4 is 20.2 Å². The molecule has 42 heavy (non-hydrogen) atoms. The number of rotatable bonds is 26. The number of unbranched alkanes of at least 4 members (excludes halogenated alkanes) is 12. The van der Waals surface area contributed by atoms with E-state index in [9.17, 15) is 25.9 Å². The Morgan fingerprint density at radius 2 is 0.905 bits per heavy atom. The maximum absolute atomic E-state index is 12.8. The molecule has 0 heterocycles. The predicted molar refractivity (Wildman–Crippen MR) is 175 cm³/mol. The molecule has 2 atom stereocenters. The monoisotopic (exact) mass is 630 g/mol. The molecule has 0 spiro atoms. The molecule has 0 radical (unpaired) electrons. The highest BCUT2D eigenvalue weighted by atomic mass is 32.2. The summed E-state index contributed by atoms with van der Waals surface area (Å²) >= 11 is 0. The van der Waals surface area contributed by atoms with Crippen molar-refractivity contribution in [1.29, 1.82) is 0 Å². The average Bonchev–Trinajstić information content (AvgIpc) is 2.92.